The number of ether oxygens (including phenoxy) is 6. The highest BCUT2D eigenvalue weighted by molar-refractivity contribution is 6.30. The highest BCUT2D eigenvalue weighted by atomic mass is 35.5. The van der Waals surface area contributed by atoms with Crippen LogP contribution in [0.1, 0.15) is 160 Å². The Labute approximate surface area is 850 Å². The molecule has 5 unspecified atom stereocenters. The van der Waals surface area contributed by atoms with Gasteiger partial charge in [-0.15, -0.1) is 0 Å². The van der Waals surface area contributed by atoms with Crippen molar-refractivity contribution >= 4 is 34.5 Å². The van der Waals surface area contributed by atoms with Gasteiger partial charge in [0.1, 0.15) is 100.0 Å². The number of rotatable bonds is 29. The smallest absolute Gasteiger partial charge is 0.228 e. The quantitative estimate of drug-likeness (QED) is 0.0172. The van der Waals surface area contributed by atoms with E-state index in [0.717, 1.165) is 227 Å². The van der Waals surface area contributed by atoms with Crippen molar-refractivity contribution in [2.45, 2.75) is 127 Å². The Hall–Kier alpha value is -12.5. The number of piperazine rings is 1. The molecule has 0 radical (unpaired) electrons. The first kappa shape index (κ1) is 107. The molecular weight excluding hydrogens is 1850 g/mol. The van der Waals surface area contributed by atoms with Gasteiger partial charge in [0.15, 0.2) is 0 Å². The zero-order chi connectivity index (χ0) is 100. The first-order chi connectivity index (χ1) is 70.5. The molecule has 5 atom stereocenters. The van der Waals surface area contributed by atoms with Crippen LogP contribution in [0.3, 0.4) is 0 Å². The molecule has 7 aliphatic heterocycles. The van der Waals surface area contributed by atoms with Crippen molar-refractivity contribution in [1.29, 1.82) is 0 Å². The van der Waals surface area contributed by atoms with E-state index in [9.17, 15) is 35.5 Å². The number of para-hydroxylation sites is 2. The minimum absolute atomic E-state index is 0.00574. The first-order valence-electron chi connectivity index (χ1n) is 51.0. The number of benzene rings is 12. The lowest BCUT2D eigenvalue weighted by molar-refractivity contribution is -0.133. The van der Waals surface area contributed by atoms with Crippen LogP contribution in [0.4, 0.5) is 42.1 Å². The van der Waals surface area contributed by atoms with Gasteiger partial charge in [0.05, 0.1) is 19.9 Å². The van der Waals surface area contributed by atoms with Crippen molar-refractivity contribution in [1.82, 2.24) is 36.4 Å². The Kier molecular flexibility index (Phi) is 43.1. The van der Waals surface area contributed by atoms with Crippen LogP contribution in [0.25, 0.3) is 10.4 Å². The van der Waals surface area contributed by atoms with E-state index in [1.54, 1.807) is 80.1 Å². The molecule has 0 aromatic heterocycles. The lowest BCUT2D eigenvalue weighted by atomic mass is 9.86. The van der Waals surface area contributed by atoms with Crippen LogP contribution in [-0.4, -0.2) is 134 Å². The van der Waals surface area contributed by atoms with E-state index < -0.39 is 0 Å². The van der Waals surface area contributed by atoms with Crippen LogP contribution in [0.15, 0.2) is 316 Å². The van der Waals surface area contributed by atoms with Crippen molar-refractivity contribution in [2.75, 3.05) is 123 Å². The number of hydrogen-bond donors (Lipinski definition) is 5. The summed E-state index contributed by atoms with van der Waals surface area (Å²) >= 11 is 6.15. The number of carbonyl (C=O) groups excluding carboxylic acids is 1. The highest BCUT2D eigenvalue weighted by Gasteiger charge is 2.35. The van der Waals surface area contributed by atoms with Gasteiger partial charge in [-0.3, -0.25) is 9.69 Å². The molecule has 12 aromatic rings. The van der Waals surface area contributed by atoms with Gasteiger partial charge in [0.25, 0.3) is 0 Å². The van der Waals surface area contributed by atoms with E-state index in [1.165, 1.54) is 114 Å². The van der Waals surface area contributed by atoms with Crippen LogP contribution in [0, 0.1) is 82.8 Å². The van der Waals surface area contributed by atoms with E-state index in [2.05, 4.69) is 83.7 Å². The fourth-order valence-corrected chi connectivity index (χ4v) is 20.0. The largest absolute Gasteiger partial charge is 0.504 e. The maximum atomic E-state index is 13.8. The molecule has 7 aliphatic rings. The Balaban J connectivity index is 0.000000140. The average molecular weight is 1980 g/mol. The zero-order valence-corrected chi connectivity index (χ0v) is 82.9. The lowest BCUT2D eigenvalue weighted by Crippen LogP contribution is -2.48. The second kappa shape index (κ2) is 57.9. The Bertz CT molecular complexity index is 5820. The number of amides is 1. The van der Waals surface area contributed by atoms with Gasteiger partial charge in [0.2, 0.25) is 11.6 Å². The fourth-order valence-electron chi connectivity index (χ4n) is 19.8. The van der Waals surface area contributed by atoms with Gasteiger partial charge in [-0.05, 0) is 346 Å². The van der Waals surface area contributed by atoms with Gasteiger partial charge < -0.3 is 64.8 Å². The number of methoxy groups -OCH3 is 1. The Morgan fingerprint density at radius 3 is 1.24 bits per heavy atom. The molecule has 24 heteroatoms. The summed E-state index contributed by atoms with van der Waals surface area (Å²) in [4.78, 5) is 23.3. The number of piperidine rings is 6. The normalized spacial score (nSPS) is 17.3. The standard InChI is InChI=1S/C31H35ClFN3O2.C19H21F2NO.C19H22FNO.C19H20N2O.C18H19F2NO.C14H18FNO/c32-26-8-4-10-28(22-26)35-20-18-34(19-21-35)15-14-30(37)36-16-12-25(13-17-36)31(24-6-2-1-3-7-24)38-29-11-5-9-27(33)23-29;20-16-3-1-15(2-4-16)19(13-14-9-11-22-12-10-14)23-18-7-5-17(21)6-8-18;20-17-6-8-18(9-7-17)22-19(16-4-2-1-3-5-16)14-15-10-12-21-13-11-15;1-20-17-9-5-6-10-18(17)22-19(15-7-3-2-4-8-15)16-11-13-21-14-12-16;19-15-4-1-3-14(11-15)18(13-7-9-21-10-8-13)22-17-6-2-5-16(20)12-17;1-17-10-14(12-6-8-16-9-7-12)11-2-4-13(15)5-3-11/h1-11,22-23,25,31H,12-21H2;1-8,14,19,22H,9-13H2;1-9,15,19,21H,10-14H2;2-10,16,19,21H,11-14H2;1-6,11-13,18,21H,7-10H2;2-5,10,12,16H,6-9H2,1H3. The molecule has 0 aliphatic carbocycles. The second-order valence-corrected chi connectivity index (χ2v) is 38.2. The summed E-state index contributed by atoms with van der Waals surface area (Å²) in [6.45, 7) is 23.5. The van der Waals surface area contributed by atoms with Gasteiger partial charge in [-0.1, -0.05) is 175 Å². The number of carbonyl (C=O) groups is 1. The van der Waals surface area contributed by atoms with Crippen LogP contribution in [-0.2, 0) is 9.53 Å². The molecule has 7 fully saturated rings. The summed E-state index contributed by atoms with van der Waals surface area (Å²) < 4.78 is 129. The molecule has 12 aromatic carbocycles. The van der Waals surface area contributed by atoms with Crippen LogP contribution < -0.4 is 55.2 Å². The topological polar surface area (TPSA) is 147 Å². The lowest BCUT2D eigenvalue weighted by Gasteiger charge is -2.38. The Morgan fingerprint density at radius 1 is 0.375 bits per heavy atom. The minimum Gasteiger partial charge on any atom is -0.504 e. The number of nitrogens with one attached hydrogen (secondary N) is 5. The first-order valence-corrected chi connectivity index (χ1v) is 51.4. The third-order valence-electron chi connectivity index (χ3n) is 27.7. The van der Waals surface area contributed by atoms with Crippen molar-refractivity contribution in [3.05, 3.63) is 406 Å². The summed E-state index contributed by atoms with van der Waals surface area (Å²) in [5.74, 6) is 4.16. The summed E-state index contributed by atoms with van der Waals surface area (Å²) in [6.07, 6.45) is 16.3. The van der Waals surface area contributed by atoms with E-state index in [0.29, 0.717) is 58.8 Å². The number of hydrogen-bond acceptors (Lipinski definition) is 14. The molecule has 144 heavy (non-hydrogen) atoms. The zero-order valence-electron chi connectivity index (χ0n) is 82.2. The van der Waals surface area contributed by atoms with Crippen molar-refractivity contribution in [2.24, 2.45) is 35.5 Å². The van der Waals surface area contributed by atoms with Crippen molar-refractivity contribution in [3.63, 3.8) is 0 Å². The molecule has 7 heterocycles. The molecular formula is C120H135ClF7N9O7. The summed E-state index contributed by atoms with van der Waals surface area (Å²) in [5, 5.41) is 17.6. The van der Waals surface area contributed by atoms with Gasteiger partial charge in [-0.25, -0.2) is 35.6 Å². The summed E-state index contributed by atoms with van der Waals surface area (Å²) in [5.41, 5.74) is 9.18. The molecule has 5 N–H and O–H groups in total. The number of halogens is 8. The number of likely N-dealkylation sites (tertiary alicyclic amines) is 1. The third kappa shape index (κ3) is 34.6. The molecule has 0 bridgehead atoms. The number of nitrogens with zero attached hydrogens (tertiary/aromatic N) is 4. The van der Waals surface area contributed by atoms with Gasteiger partial charge >= 0.3 is 0 Å². The fraction of sp³-hybridized carbons (Fsp3) is 0.367. The van der Waals surface area contributed by atoms with E-state index in [1.807, 2.05) is 120 Å². The molecule has 1 amide bonds. The highest BCUT2D eigenvalue weighted by Crippen LogP contribution is 2.42. The van der Waals surface area contributed by atoms with Gasteiger partial charge in [-0.2, -0.15) is 0 Å². The Morgan fingerprint density at radius 2 is 0.771 bits per heavy atom. The minimum atomic E-state index is -0.333. The van der Waals surface area contributed by atoms with Crippen LogP contribution in [0.5, 0.6) is 28.7 Å². The van der Waals surface area contributed by atoms with Gasteiger partial charge in [0, 0.05) is 92.8 Å². The maximum absolute atomic E-state index is 13.8. The average Bonchev–Trinajstić information content (AvgIpc) is 0.816. The van der Waals surface area contributed by atoms with Crippen LogP contribution >= 0.6 is 11.6 Å². The van der Waals surface area contributed by atoms with E-state index >= 15 is 0 Å². The predicted molar refractivity (Wildman–Crippen MR) is 560 cm³/mol. The molecule has 0 spiro atoms. The third-order valence-corrected chi connectivity index (χ3v) is 28.0. The summed E-state index contributed by atoms with van der Waals surface area (Å²) in [6, 6.07) is 90.7. The molecule has 19 rings (SSSR count). The summed E-state index contributed by atoms with van der Waals surface area (Å²) in [7, 11) is 1.66. The predicted octanol–water partition coefficient (Wildman–Crippen LogP) is 26.1. The number of anilines is 1. The van der Waals surface area contributed by atoms with Crippen molar-refractivity contribution in [3.8, 4) is 28.7 Å². The monoisotopic (exact) mass is 1980 g/mol. The number of allylic oxidation sites excluding steroid dienone is 1. The molecule has 7 saturated heterocycles. The second-order valence-electron chi connectivity index (χ2n) is 37.7. The van der Waals surface area contributed by atoms with E-state index in [-0.39, 0.29) is 89.0 Å². The maximum Gasteiger partial charge on any atom is 0.228 e. The van der Waals surface area contributed by atoms with Crippen molar-refractivity contribution < 1.29 is 63.9 Å². The van der Waals surface area contributed by atoms with Crippen LogP contribution in [0.2, 0.25) is 5.02 Å². The molecule has 16 nitrogen and oxygen atoms in total. The van der Waals surface area contributed by atoms with E-state index in [4.69, 9.17) is 46.6 Å². The molecule has 0 saturated carbocycles. The molecule has 758 valence electrons. The SMILES string of the molecule is COC=C(c1ccc(F)cc1)C1CCNCC1.Fc1ccc(OC(CC2CCNCC2)c2ccc(F)cc2)cc1.Fc1ccc(OC(CC2CCNCC2)c2ccccc2)cc1.Fc1cccc(OC(c2cccc(F)c2)C2CCNCC2)c1.O=C(CCN1CCN(c2cccc(Cl)c2)CC1)N1CCC(C(Oc2cccc(F)c2)c2ccccc2)CC1.[C-]#[N+]c1ccccc1OC(c1ccccc1)C1CCNCC1.